The largest absolute Gasteiger partial charge is 0.497 e. The molecule has 0 saturated carbocycles. The zero-order chi connectivity index (χ0) is 19.8. The fourth-order valence-corrected chi connectivity index (χ4v) is 8.80. The molecule has 26 heavy (non-hydrogen) atoms. The van der Waals surface area contributed by atoms with E-state index in [1.165, 1.54) is 28.4 Å². The Hall–Kier alpha value is -1.28. The minimum atomic E-state index is -1.80. The van der Waals surface area contributed by atoms with Gasteiger partial charge in [0.2, 0.25) is 0 Å². The van der Waals surface area contributed by atoms with E-state index in [4.69, 9.17) is 4.74 Å². The van der Waals surface area contributed by atoms with Crippen molar-refractivity contribution in [2.24, 2.45) is 0 Å². The number of hydrogen-bond acceptors (Lipinski definition) is 1. The van der Waals surface area contributed by atoms with Crippen molar-refractivity contribution in [1.29, 1.82) is 0 Å². The lowest BCUT2D eigenvalue weighted by atomic mass is 9.80. The SMILES string of the molecule is CC[Si](CC)(C1=CC=CC1)c1cc(C(C)(C)C)cc(C(C)(C)C)c1OC. The molecular weight excluding hydrogens is 332 g/mol. The van der Waals surface area contributed by atoms with E-state index in [0.29, 0.717) is 0 Å². The average molecular weight is 371 g/mol. The molecule has 1 aromatic carbocycles. The Morgan fingerprint density at radius 3 is 1.96 bits per heavy atom. The van der Waals surface area contributed by atoms with Crippen LogP contribution in [0.25, 0.3) is 0 Å². The number of allylic oxidation sites excluding steroid dienone is 4. The number of ether oxygens (including phenoxy) is 1. The molecule has 0 fully saturated rings. The van der Waals surface area contributed by atoms with E-state index in [0.717, 1.165) is 12.2 Å². The first kappa shape index (κ1) is 21.0. The van der Waals surface area contributed by atoms with Crippen molar-refractivity contribution in [2.75, 3.05) is 7.11 Å². The van der Waals surface area contributed by atoms with E-state index in [1.54, 1.807) is 5.20 Å². The summed E-state index contributed by atoms with van der Waals surface area (Å²) in [5, 5.41) is 3.17. The van der Waals surface area contributed by atoms with Crippen molar-refractivity contribution in [3.8, 4) is 5.75 Å². The maximum absolute atomic E-state index is 6.13. The van der Waals surface area contributed by atoms with Gasteiger partial charge in [0.05, 0.1) is 7.11 Å². The van der Waals surface area contributed by atoms with Crippen LogP contribution in [-0.2, 0) is 10.8 Å². The van der Waals surface area contributed by atoms with Gasteiger partial charge >= 0.3 is 0 Å². The fourth-order valence-electron chi connectivity index (χ4n) is 4.25. The van der Waals surface area contributed by atoms with Crippen molar-refractivity contribution in [3.63, 3.8) is 0 Å². The standard InChI is InChI=1S/C24H38OSi/c1-10-26(11-2,19-14-12-13-15-19)21-17-18(23(3,4)5)16-20(22(21)25-9)24(6,7)8/h12-14,16-17H,10-11,15H2,1-9H3. The highest BCUT2D eigenvalue weighted by Crippen LogP contribution is 2.39. The summed E-state index contributed by atoms with van der Waals surface area (Å²) in [6.07, 6.45) is 8.06. The Balaban J connectivity index is 2.88. The quantitative estimate of drug-likeness (QED) is 0.544. The van der Waals surface area contributed by atoms with Crippen LogP contribution in [0.2, 0.25) is 12.1 Å². The molecule has 1 aliphatic rings. The zero-order valence-electron chi connectivity index (χ0n) is 18.4. The molecule has 0 aliphatic heterocycles. The van der Waals surface area contributed by atoms with Gasteiger partial charge in [-0.1, -0.05) is 103 Å². The molecule has 0 bridgehead atoms. The maximum Gasteiger partial charge on any atom is 0.122 e. The van der Waals surface area contributed by atoms with Gasteiger partial charge in [-0.15, -0.1) is 0 Å². The van der Waals surface area contributed by atoms with Gasteiger partial charge in [-0.3, -0.25) is 0 Å². The van der Waals surface area contributed by atoms with E-state index in [-0.39, 0.29) is 10.8 Å². The third-order valence-corrected chi connectivity index (χ3v) is 11.5. The second-order valence-electron chi connectivity index (χ2n) is 9.72. The molecule has 0 heterocycles. The lowest BCUT2D eigenvalue weighted by molar-refractivity contribution is 0.399. The first-order chi connectivity index (χ1) is 12.0. The molecule has 0 N–H and O–H groups in total. The Bertz CT molecular complexity index is 707. The summed E-state index contributed by atoms with van der Waals surface area (Å²) < 4.78 is 6.13. The molecule has 0 radical (unpaired) electrons. The molecule has 0 atom stereocenters. The Morgan fingerprint density at radius 2 is 1.58 bits per heavy atom. The van der Waals surface area contributed by atoms with E-state index >= 15 is 0 Å². The van der Waals surface area contributed by atoms with Crippen molar-refractivity contribution in [3.05, 3.63) is 46.7 Å². The molecule has 144 valence electrons. The van der Waals surface area contributed by atoms with Gasteiger partial charge < -0.3 is 4.74 Å². The second-order valence-corrected chi connectivity index (χ2v) is 14.5. The van der Waals surface area contributed by atoms with E-state index in [2.05, 4.69) is 85.8 Å². The molecule has 0 unspecified atom stereocenters. The van der Waals surface area contributed by atoms with Gasteiger partial charge in [0.1, 0.15) is 13.8 Å². The predicted molar refractivity (Wildman–Crippen MR) is 119 cm³/mol. The molecule has 1 aliphatic carbocycles. The highest BCUT2D eigenvalue weighted by Gasteiger charge is 2.40. The third-order valence-electron chi connectivity index (χ3n) is 6.08. The molecule has 0 saturated heterocycles. The number of benzene rings is 1. The van der Waals surface area contributed by atoms with Crippen LogP contribution in [0.5, 0.6) is 5.75 Å². The fraction of sp³-hybridized carbons (Fsp3) is 0.583. The second kappa shape index (κ2) is 7.38. The molecular formula is C24H38OSi. The van der Waals surface area contributed by atoms with Gasteiger partial charge in [0, 0.05) is 0 Å². The summed E-state index contributed by atoms with van der Waals surface area (Å²) in [7, 11) is 0.0590. The van der Waals surface area contributed by atoms with Gasteiger partial charge in [0.15, 0.2) is 0 Å². The molecule has 1 nitrogen and oxygen atoms in total. The van der Waals surface area contributed by atoms with Crippen molar-refractivity contribution >= 4 is 13.3 Å². The minimum Gasteiger partial charge on any atom is -0.497 e. The van der Waals surface area contributed by atoms with Crippen LogP contribution in [0.15, 0.2) is 35.6 Å². The molecule has 0 spiro atoms. The number of hydrogen-bond donors (Lipinski definition) is 0. The van der Waals surface area contributed by atoms with E-state index < -0.39 is 8.07 Å². The molecule has 1 aromatic rings. The van der Waals surface area contributed by atoms with Gasteiger partial charge in [0.25, 0.3) is 0 Å². The summed E-state index contributed by atoms with van der Waals surface area (Å²) in [6.45, 7) is 18.6. The summed E-state index contributed by atoms with van der Waals surface area (Å²) in [5.41, 5.74) is 2.98. The summed E-state index contributed by atoms with van der Waals surface area (Å²) in [4.78, 5) is 0. The van der Waals surface area contributed by atoms with Crippen molar-refractivity contribution in [1.82, 2.24) is 0 Å². The van der Waals surface area contributed by atoms with Gasteiger partial charge in [-0.05, 0) is 33.6 Å². The van der Waals surface area contributed by atoms with E-state index in [1.807, 2.05) is 7.11 Å². The number of rotatable bonds is 5. The van der Waals surface area contributed by atoms with Crippen LogP contribution >= 0.6 is 0 Å². The van der Waals surface area contributed by atoms with Crippen LogP contribution in [0, 0.1) is 0 Å². The normalized spacial score (nSPS) is 15.3. The van der Waals surface area contributed by atoms with Crippen molar-refractivity contribution < 1.29 is 4.74 Å². The Labute approximate surface area is 162 Å². The smallest absolute Gasteiger partial charge is 0.122 e. The van der Waals surface area contributed by atoms with Gasteiger partial charge in [-0.2, -0.15) is 0 Å². The number of methoxy groups -OCH3 is 1. The summed E-state index contributed by atoms with van der Waals surface area (Å²) in [6, 6.07) is 7.34. The zero-order valence-corrected chi connectivity index (χ0v) is 19.4. The molecule has 0 amide bonds. The minimum absolute atomic E-state index is 0.0608. The summed E-state index contributed by atoms with van der Waals surface area (Å²) in [5.74, 6) is 1.15. The van der Waals surface area contributed by atoms with E-state index in [9.17, 15) is 0 Å². The monoisotopic (exact) mass is 370 g/mol. The highest BCUT2D eigenvalue weighted by atomic mass is 28.3. The highest BCUT2D eigenvalue weighted by molar-refractivity contribution is 6.98. The topological polar surface area (TPSA) is 9.23 Å². The average Bonchev–Trinajstić information content (AvgIpc) is 3.09. The molecule has 2 rings (SSSR count). The predicted octanol–water partition coefficient (Wildman–Crippen LogP) is 6.41. The maximum atomic E-state index is 6.13. The van der Waals surface area contributed by atoms with Crippen LogP contribution in [0.1, 0.15) is 72.9 Å². The molecule has 0 aromatic heterocycles. The first-order valence-electron chi connectivity index (χ1n) is 10.1. The van der Waals surface area contributed by atoms with Gasteiger partial charge in [-0.25, -0.2) is 0 Å². The lowest BCUT2D eigenvalue weighted by Crippen LogP contribution is -2.50. The van der Waals surface area contributed by atoms with Crippen LogP contribution in [0.3, 0.4) is 0 Å². The molecule has 2 heteroatoms. The lowest BCUT2D eigenvalue weighted by Gasteiger charge is -2.37. The van der Waals surface area contributed by atoms with Crippen LogP contribution < -0.4 is 9.92 Å². The van der Waals surface area contributed by atoms with Crippen LogP contribution in [0.4, 0.5) is 0 Å². The summed E-state index contributed by atoms with van der Waals surface area (Å²) >= 11 is 0. The Morgan fingerprint density at radius 1 is 0.962 bits per heavy atom. The Kier molecular flexibility index (Phi) is 5.97. The van der Waals surface area contributed by atoms with Crippen LogP contribution in [-0.4, -0.2) is 15.2 Å². The third kappa shape index (κ3) is 3.71. The first-order valence-corrected chi connectivity index (χ1v) is 12.5. The van der Waals surface area contributed by atoms with Crippen molar-refractivity contribution in [2.45, 2.75) is 84.7 Å².